The predicted molar refractivity (Wildman–Crippen MR) is 73.2 cm³/mol. The molecule has 3 N–H and O–H groups in total. The Labute approximate surface area is 112 Å². The highest BCUT2D eigenvalue weighted by molar-refractivity contribution is 5.92. The van der Waals surface area contributed by atoms with Gasteiger partial charge in [0.25, 0.3) is 5.91 Å². The number of H-pyrrole nitrogens is 2. The molecular weight excluding hydrogens is 244 g/mol. The van der Waals surface area contributed by atoms with E-state index >= 15 is 0 Å². The van der Waals surface area contributed by atoms with Crippen LogP contribution in [0, 0.1) is 0 Å². The van der Waals surface area contributed by atoms with Crippen molar-refractivity contribution in [3.8, 4) is 0 Å². The van der Waals surface area contributed by atoms with E-state index in [0.717, 1.165) is 19.4 Å². The lowest BCUT2D eigenvalue weighted by molar-refractivity contribution is 0.0726. The Bertz CT molecular complexity index is 459. The fourth-order valence-electron chi connectivity index (χ4n) is 2.51. The summed E-state index contributed by atoms with van der Waals surface area (Å²) in [6, 6.07) is 0.370. The molecule has 0 radical (unpaired) electrons. The Hall–Kier alpha value is -1.56. The van der Waals surface area contributed by atoms with Crippen molar-refractivity contribution in [3.05, 3.63) is 22.4 Å². The zero-order valence-electron chi connectivity index (χ0n) is 11.4. The average Bonchev–Trinajstić information content (AvgIpc) is 2.85. The summed E-state index contributed by atoms with van der Waals surface area (Å²) in [6.07, 6.45) is 5.89. The van der Waals surface area contributed by atoms with Crippen LogP contribution in [0.5, 0.6) is 0 Å². The molecule has 2 rings (SSSR count). The van der Waals surface area contributed by atoms with Crippen molar-refractivity contribution in [3.63, 3.8) is 0 Å². The standard InChI is InChI=1S/C13H22N4O2/c1-2-7-17(9-10-5-3-4-6-14-10)12(18)11-8-15-13(19)16-11/h8,10,14H,2-7,9H2,1H3,(H2,15,16,19). The number of rotatable bonds is 5. The van der Waals surface area contributed by atoms with E-state index in [4.69, 9.17) is 0 Å². The maximum absolute atomic E-state index is 12.3. The first-order valence-corrected chi connectivity index (χ1v) is 7.01. The van der Waals surface area contributed by atoms with E-state index in [1.807, 2.05) is 4.90 Å². The minimum Gasteiger partial charge on any atom is -0.336 e. The van der Waals surface area contributed by atoms with Crippen molar-refractivity contribution in [1.82, 2.24) is 20.2 Å². The van der Waals surface area contributed by atoms with Gasteiger partial charge in [-0.2, -0.15) is 0 Å². The molecule has 2 heterocycles. The number of amides is 1. The van der Waals surface area contributed by atoms with Crippen molar-refractivity contribution in [2.45, 2.75) is 38.6 Å². The quantitative estimate of drug-likeness (QED) is 0.733. The lowest BCUT2D eigenvalue weighted by Gasteiger charge is -2.30. The lowest BCUT2D eigenvalue weighted by atomic mass is 10.0. The number of aromatic amines is 2. The smallest absolute Gasteiger partial charge is 0.323 e. The Morgan fingerprint density at radius 3 is 2.89 bits per heavy atom. The molecule has 0 bridgehead atoms. The molecule has 1 aliphatic rings. The lowest BCUT2D eigenvalue weighted by Crippen LogP contribution is -2.46. The van der Waals surface area contributed by atoms with Crippen LogP contribution >= 0.6 is 0 Å². The molecule has 1 aromatic rings. The first kappa shape index (κ1) is 13.9. The summed E-state index contributed by atoms with van der Waals surface area (Å²) in [5, 5.41) is 3.45. The molecule has 1 saturated heterocycles. The van der Waals surface area contributed by atoms with Crippen LogP contribution in [0.1, 0.15) is 43.1 Å². The summed E-state index contributed by atoms with van der Waals surface area (Å²) in [5.41, 5.74) is 0.00449. The van der Waals surface area contributed by atoms with Crippen LogP contribution in [0.3, 0.4) is 0 Å². The second kappa shape index (κ2) is 6.56. The minimum absolute atomic E-state index is 0.104. The Kier molecular flexibility index (Phi) is 4.79. The van der Waals surface area contributed by atoms with E-state index in [9.17, 15) is 9.59 Å². The van der Waals surface area contributed by atoms with Crippen molar-refractivity contribution >= 4 is 5.91 Å². The number of carbonyl (C=O) groups excluding carboxylic acids is 1. The molecule has 1 aliphatic heterocycles. The van der Waals surface area contributed by atoms with E-state index in [2.05, 4.69) is 22.2 Å². The van der Waals surface area contributed by atoms with E-state index in [1.54, 1.807) is 0 Å². The Morgan fingerprint density at radius 1 is 1.47 bits per heavy atom. The van der Waals surface area contributed by atoms with Gasteiger partial charge in [0.2, 0.25) is 0 Å². The van der Waals surface area contributed by atoms with E-state index in [-0.39, 0.29) is 11.6 Å². The van der Waals surface area contributed by atoms with Crippen molar-refractivity contribution in [2.75, 3.05) is 19.6 Å². The number of carbonyl (C=O) groups is 1. The highest BCUT2D eigenvalue weighted by Crippen LogP contribution is 2.10. The Balaban J connectivity index is 2.01. The number of piperidine rings is 1. The van der Waals surface area contributed by atoms with Crippen molar-refractivity contribution < 1.29 is 4.79 Å². The molecule has 19 heavy (non-hydrogen) atoms. The zero-order chi connectivity index (χ0) is 13.7. The van der Waals surface area contributed by atoms with Crippen LogP contribution in [0.4, 0.5) is 0 Å². The SMILES string of the molecule is CCCN(CC1CCCCN1)C(=O)c1c[nH]c(=O)[nH]1. The molecule has 0 spiro atoms. The summed E-state index contributed by atoms with van der Waals surface area (Å²) in [7, 11) is 0. The molecule has 1 unspecified atom stereocenters. The number of aromatic nitrogens is 2. The van der Waals surface area contributed by atoms with Gasteiger partial charge in [-0.25, -0.2) is 4.79 Å². The van der Waals surface area contributed by atoms with Gasteiger partial charge in [0.1, 0.15) is 5.69 Å². The number of nitrogens with one attached hydrogen (secondary N) is 3. The molecule has 0 aromatic carbocycles. The van der Waals surface area contributed by atoms with E-state index in [0.29, 0.717) is 24.8 Å². The molecule has 6 nitrogen and oxygen atoms in total. The van der Waals surface area contributed by atoms with Gasteiger partial charge in [0.05, 0.1) is 0 Å². The van der Waals surface area contributed by atoms with Crippen LogP contribution in [0.15, 0.2) is 11.0 Å². The summed E-state index contributed by atoms with van der Waals surface area (Å²) < 4.78 is 0. The second-order valence-electron chi connectivity index (χ2n) is 5.05. The number of imidazole rings is 1. The van der Waals surface area contributed by atoms with E-state index in [1.165, 1.54) is 19.0 Å². The average molecular weight is 266 g/mol. The van der Waals surface area contributed by atoms with Crippen molar-refractivity contribution in [1.29, 1.82) is 0 Å². The molecule has 106 valence electrons. The van der Waals surface area contributed by atoms with E-state index < -0.39 is 0 Å². The minimum atomic E-state index is -0.337. The molecule has 6 heteroatoms. The highest BCUT2D eigenvalue weighted by atomic mass is 16.2. The first-order valence-electron chi connectivity index (χ1n) is 7.01. The first-order chi connectivity index (χ1) is 9.20. The second-order valence-corrected chi connectivity index (χ2v) is 5.05. The summed E-state index contributed by atoms with van der Waals surface area (Å²) in [6.45, 7) is 4.50. The summed E-state index contributed by atoms with van der Waals surface area (Å²) in [5.74, 6) is -0.104. The molecule has 0 saturated carbocycles. The van der Waals surface area contributed by atoms with Crippen LogP contribution in [0.2, 0.25) is 0 Å². The van der Waals surface area contributed by atoms with Crippen LogP contribution in [0.25, 0.3) is 0 Å². The molecule has 1 aromatic heterocycles. The number of hydrogen-bond donors (Lipinski definition) is 3. The van der Waals surface area contributed by atoms with Crippen LogP contribution < -0.4 is 11.0 Å². The van der Waals surface area contributed by atoms with Gasteiger partial charge in [0, 0.05) is 25.3 Å². The zero-order valence-corrected chi connectivity index (χ0v) is 11.4. The van der Waals surface area contributed by atoms with Crippen molar-refractivity contribution in [2.24, 2.45) is 0 Å². The van der Waals surface area contributed by atoms with Gasteiger partial charge in [-0.1, -0.05) is 13.3 Å². The monoisotopic (exact) mass is 266 g/mol. The molecular formula is C13H22N4O2. The van der Waals surface area contributed by atoms with Gasteiger partial charge >= 0.3 is 5.69 Å². The molecule has 0 aliphatic carbocycles. The summed E-state index contributed by atoms with van der Waals surface area (Å²) in [4.78, 5) is 30.2. The molecule has 1 amide bonds. The fourth-order valence-corrected chi connectivity index (χ4v) is 2.51. The normalized spacial score (nSPS) is 19.3. The third kappa shape index (κ3) is 3.70. The Morgan fingerprint density at radius 2 is 2.32 bits per heavy atom. The van der Waals surface area contributed by atoms with Gasteiger partial charge in [-0.15, -0.1) is 0 Å². The molecule has 1 atom stereocenters. The maximum atomic E-state index is 12.3. The van der Waals surface area contributed by atoms with Gasteiger partial charge in [-0.05, 0) is 25.8 Å². The van der Waals surface area contributed by atoms with Gasteiger partial charge < -0.3 is 20.2 Å². The number of nitrogens with zero attached hydrogens (tertiary/aromatic N) is 1. The molecule has 1 fully saturated rings. The maximum Gasteiger partial charge on any atom is 0.323 e. The predicted octanol–water partition coefficient (Wildman–Crippen LogP) is 0.697. The van der Waals surface area contributed by atoms with Gasteiger partial charge in [-0.3, -0.25) is 4.79 Å². The van der Waals surface area contributed by atoms with Crippen LogP contribution in [-0.2, 0) is 0 Å². The topological polar surface area (TPSA) is 81.0 Å². The highest BCUT2D eigenvalue weighted by Gasteiger charge is 2.21. The largest absolute Gasteiger partial charge is 0.336 e. The van der Waals surface area contributed by atoms with Crippen LogP contribution in [-0.4, -0.2) is 46.5 Å². The number of hydrogen-bond acceptors (Lipinski definition) is 3. The fraction of sp³-hybridized carbons (Fsp3) is 0.692. The third-order valence-corrected chi connectivity index (χ3v) is 3.46. The van der Waals surface area contributed by atoms with Gasteiger partial charge in [0.15, 0.2) is 0 Å². The third-order valence-electron chi connectivity index (χ3n) is 3.46. The summed E-state index contributed by atoms with van der Waals surface area (Å²) >= 11 is 0.